The summed E-state index contributed by atoms with van der Waals surface area (Å²) >= 11 is 0. The molecule has 0 atom stereocenters. The van der Waals surface area contributed by atoms with Gasteiger partial charge in [-0.15, -0.1) is 0 Å². The van der Waals surface area contributed by atoms with Gasteiger partial charge in [-0.2, -0.15) is 0 Å². The Hall–Kier alpha value is -3.19. The summed E-state index contributed by atoms with van der Waals surface area (Å²) in [4.78, 5) is 37.5. The van der Waals surface area contributed by atoms with Gasteiger partial charge < -0.3 is 10.6 Å². The van der Waals surface area contributed by atoms with Crippen LogP contribution in [0.4, 0.5) is 11.4 Å². The number of rotatable bonds is 10. The quantitative estimate of drug-likeness (QED) is 0.142. The van der Waals surface area contributed by atoms with Crippen LogP contribution in [0.1, 0.15) is 84.8 Å². The number of anilines is 2. The van der Waals surface area contributed by atoms with Crippen molar-refractivity contribution in [1.82, 2.24) is 5.48 Å². The summed E-state index contributed by atoms with van der Waals surface area (Å²) in [6.45, 7) is 12.7. The Balaban J connectivity index is 2.10. The van der Waals surface area contributed by atoms with Crippen LogP contribution in [0.15, 0.2) is 48.5 Å². The third kappa shape index (κ3) is 9.11. The standard InChI is InChI=1S/C29H41N3O4/c1-28(2,3)20-12-16-22(17-13-20)30-26(34)24(10-8-7-9-11-25(33)32-36)27(35)31-23-18-14-21(15-19-23)29(4,5)6/h12-19,24,36H,7-11H2,1-6H3,(H,30,34)(H,31,35)(H,32,33). The molecule has 0 heterocycles. The molecule has 4 N–H and O–H groups in total. The lowest BCUT2D eigenvalue weighted by atomic mass is 9.87. The molecule has 2 aromatic rings. The fourth-order valence-corrected chi connectivity index (χ4v) is 3.81. The summed E-state index contributed by atoms with van der Waals surface area (Å²) < 4.78 is 0. The first kappa shape index (κ1) is 29.0. The Kier molecular flexibility index (Phi) is 10.2. The summed E-state index contributed by atoms with van der Waals surface area (Å²) in [7, 11) is 0. The maximum Gasteiger partial charge on any atom is 0.243 e. The number of hydroxylamine groups is 1. The van der Waals surface area contributed by atoms with Crippen LogP contribution in [0.2, 0.25) is 0 Å². The minimum Gasteiger partial charge on any atom is -0.325 e. The van der Waals surface area contributed by atoms with E-state index in [1.807, 2.05) is 48.5 Å². The molecule has 0 saturated carbocycles. The van der Waals surface area contributed by atoms with Gasteiger partial charge in [0.2, 0.25) is 17.7 Å². The number of hydrogen-bond donors (Lipinski definition) is 4. The first-order chi connectivity index (χ1) is 16.8. The van der Waals surface area contributed by atoms with Gasteiger partial charge in [-0.3, -0.25) is 19.6 Å². The smallest absolute Gasteiger partial charge is 0.243 e. The van der Waals surface area contributed by atoms with Crippen molar-refractivity contribution in [2.45, 2.75) is 84.5 Å². The van der Waals surface area contributed by atoms with Gasteiger partial charge in [-0.25, -0.2) is 5.48 Å². The molecular formula is C29H41N3O4. The molecule has 0 aliphatic rings. The van der Waals surface area contributed by atoms with Crippen molar-refractivity contribution in [3.05, 3.63) is 59.7 Å². The third-order valence-electron chi connectivity index (χ3n) is 6.19. The van der Waals surface area contributed by atoms with Gasteiger partial charge >= 0.3 is 0 Å². The van der Waals surface area contributed by atoms with Gasteiger partial charge in [-0.1, -0.05) is 78.6 Å². The van der Waals surface area contributed by atoms with Crippen molar-refractivity contribution >= 4 is 29.1 Å². The van der Waals surface area contributed by atoms with Gasteiger partial charge in [-0.05, 0) is 59.1 Å². The van der Waals surface area contributed by atoms with Gasteiger partial charge in [0.25, 0.3) is 0 Å². The second kappa shape index (κ2) is 12.7. The number of hydrogen-bond acceptors (Lipinski definition) is 4. The van der Waals surface area contributed by atoms with Crippen LogP contribution in [0.3, 0.4) is 0 Å². The molecule has 0 spiro atoms. The SMILES string of the molecule is CC(C)(C)c1ccc(NC(=O)C(CCCCCC(=O)NO)C(=O)Nc2ccc(C(C)(C)C)cc2)cc1. The minimum absolute atomic E-state index is 0.000424. The van der Waals surface area contributed by atoms with E-state index in [-0.39, 0.29) is 29.1 Å². The molecule has 36 heavy (non-hydrogen) atoms. The van der Waals surface area contributed by atoms with E-state index in [2.05, 4.69) is 52.2 Å². The van der Waals surface area contributed by atoms with Crippen LogP contribution in [0.25, 0.3) is 0 Å². The lowest BCUT2D eigenvalue weighted by Gasteiger charge is -2.21. The number of amides is 3. The molecule has 2 aromatic carbocycles. The van der Waals surface area contributed by atoms with E-state index >= 15 is 0 Å². The lowest BCUT2D eigenvalue weighted by Crippen LogP contribution is -2.34. The molecule has 0 bridgehead atoms. The van der Waals surface area contributed by atoms with Crippen LogP contribution in [-0.4, -0.2) is 22.9 Å². The first-order valence-electron chi connectivity index (χ1n) is 12.6. The molecule has 0 unspecified atom stereocenters. The van der Waals surface area contributed by atoms with E-state index in [0.29, 0.717) is 37.1 Å². The highest BCUT2D eigenvalue weighted by atomic mass is 16.5. The largest absolute Gasteiger partial charge is 0.325 e. The summed E-state index contributed by atoms with van der Waals surface area (Å²) in [6, 6.07) is 15.3. The Morgan fingerprint density at radius 2 is 1.11 bits per heavy atom. The number of nitrogens with one attached hydrogen (secondary N) is 3. The molecule has 0 saturated heterocycles. The Morgan fingerprint density at radius 3 is 1.47 bits per heavy atom. The molecule has 7 nitrogen and oxygen atoms in total. The molecular weight excluding hydrogens is 454 g/mol. The van der Waals surface area contributed by atoms with Crippen LogP contribution in [-0.2, 0) is 25.2 Å². The Labute approximate surface area is 215 Å². The van der Waals surface area contributed by atoms with Crippen LogP contribution in [0, 0.1) is 5.92 Å². The zero-order valence-electron chi connectivity index (χ0n) is 22.4. The van der Waals surface area contributed by atoms with Crippen molar-refractivity contribution in [2.24, 2.45) is 5.92 Å². The molecule has 0 fully saturated rings. The highest BCUT2D eigenvalue weighted by Gasteiger charge is 2.27. The van der Waals surface area contributed by atoms with E-state index in [9.17, 15) is 14.4 Å². The summed E-state index contributed by atoms with van der Waals surface area (Å²) in [6.07, 6.45) is 2.35. The van der Waals surface area contributed by atoms with E-state index in [0.717, 1.165) is 11.1 Å². The average molecular weight is 496 g/mol. The number of carbonyl (C=O) groups is 3. The molecule has 7 heteroatoms. The molecule has 0 aromatic heterocycles. The molecule has 196 valence electrons. The summed E-state index contributed by atoms with van der Waals surface area (Å²) in [5.41, 5.74) is 5.20. The predicted octanol–water partition coefficient (Wildman–Crippen LogP) is 5.93. The average Bonchev–Trinajstić information content (AvgIpc) is 2.80. The second-order valence-corrected chi connectivity index (χ2v) is 11.3. The fraction of sp³-hybridized carbons (Fsp3) is 0.483. The summed E-state index contributed by atoms with van der Waals surface area (Å²) in [5.74, 6) is -2.06. The van der Waals surface area contributed by atoms with Crippen LogP contribution in [0.5, 0.6) is 0 Å². The van der Waals surface area contributed by atoms with Gasteiger partial charge in [0.15, 0.2) is 0 Å². The zero-order chi connectivity index (χ0) is 26.9. The fourth-order valence-electron chi connectivity index (χ4n) is 3.81. The lowest BCUT2D eigenvalue weighted by molar-refractivity contribution is -0.130. The molecule has 3 amide bonds. The van der Waals surface area contributed by atoms with Crippen molar-refractivity contribution in [2.75, 3.05) is 10.6 Å². The van der Waals surface area contributed by atoms with Crippen molar-refractivity contribution in [1.29, 1.82) is 0 Å². The topological polar surface area (TPSA) is 108 Å². The molecule has 0 aliphatic carbocycles. The monoisotopic (exact) mass is 495 g/mol. The Bertz CT molecular complexity index is 945. The van der Waals surface area contributed by atoms with E-state index in [1.165, 1.54) is 0 Å². The van der Waals surface area contributed by atoms with Crippen molar-refractivity contribution in [3.8, 4) is 0 Å². The van der Waals surface area contributed by atoms with Crippen molar-refractivity contribution in [3.63, 3.8) is 0 Å². The summed E-state index contributed by atoms with van der Waals surface area (Å²) in [5, 5.41) is 14.4. The molecule has 2 rings (SSSR count). The van der Waals surface area contributed by atoms with Gasteiger partial charge in [0, 0.05) is 17.8 Å². The Morgan fingerprint density at radius 1 is 0.694 bits per heavy atom. The highest BCUT2D eigenvalue weighted by molar-refractivity contribution is 6.10. The van der Waals surface area contributed by atoms with E-state index in [1.54, 1.807) is 5.48 Å². The number of benzene rings is 2. The number of carbonyl (C=O) groups excluding carboxylic acids is 3. The predicted molar refractivity (Wildman–Crippen MR) is 144 cm³/mol. The van der Waals surface area contributed by atoms with E-state index in [4.69, 9.17) is 5.21 Å². The highest BCUT2D eigenvalue weighted by Crippen LogP contribution is 2.26. The first-order valence-corrected chi connectivity index (χ1v) is 12.6. The number of unbranched alkanes of at least 4 members (excludes halogenated alkanes) is 2. The van der Waals surface area contributed by atoms with Gasteiger partial charge in [0.1, 0.15) is 5.92 Å². The van der Waals surface area contributed by atoms with Gasteiger partial charge in [0.05, 0.1) is 0 Å². The van der Waals surface area contributed by atoms with Crippen molar-refractivity contribution < 1.29 is 19.6 Å². The van der Waals surface area contributed by atoms with Crippen LogP contribution >= 0.6 is 0 Å². The second-order valence-electron chi connectivity index (χ2n) is 11.3. The molecule has 0 radical (unpaired) electrons. The molecule has 0 aliphatic heterocycles. The van der Waals surface area contributed by atoms with E-state index < -0.39 is 11.8 Å². The third-order valence-corrected chi connectivity index (χ3v) is 6.19. The van der Waals surface area contributed by atoms with Crippen LogP contribution < -0.4 is 16.1 Å². The maximum atomic E-state index is 13.2. The maximum absolute atomic E-state index is 13.2. The normalized spacial score (nSPS) is 11.8. The zero-order valence-corrected chi connectivity index (χ0v) is 22.4. The minimum atomic E-state index is -0.888.